The molecule has 1 aromatic carbocycles. The van der Waals surface area contributed by atoms with Crippen molar-refractivity contribution in [1.82, 2.24) is 15.2 Å². The highest BCUT2D eigenvalue weighted by Crippen LogP contribution is 2.42. The number of benzene rings is 1. The van der Waals surface area contributed by atoms with Gasteiger partial charge in [-0.2, -0.15) is 0 Å². The molecule has 2 amide bonds. The molecule has 1 fully saturated rings. The molecule has 5 nitrogen and oxygen atoms in total. The zero-order valence-electron chi connectivity index (χ0n) is 13.4. The van der Waals surface area contributed by atoms with Crippen molar-refractivity contribution < 1.29 is 9.21 Å². The van der Waals surface area contributed by atoms with E-state index in [1.54, 1.807) is 29.5 Å². The highest BCUT2D eigenvalue weighted by Gasteiger charge is 2.36. The van der Waals surface area contributed by atoms with Crippen LogP contribution < -0.4 is 5.32 Å². The molecule has 124 valence electrons. The smallest absolute Gasteiger partial charge is 0.318 e. The van der Waals surface area contributed by atoms with Crippen LogP contribution in [0.15, 0.2) is 46.3 Å². The molecule has 2 heterocycles. The van der Waals surface area contributed by atoms with Crippen LogP contribution in [0, 0.1) is 5.92 Å². The van der Waals surface area contributed by atoms with E-state index in [0.717, 1.165) is 34.6 Å². The van der Waals surface area contributed by atoms with Gasteiger partial charge in [0.05, 0.1) is 12.6 Å². The number of carbonyl (C=O) groups is 1. The molecule has 0 bridgehead atoms. The van der Waals surface area contributed by atoms with Crippen LogP contribution in [-0.2, 0) is 6.54 Å². The topological polar surface area (TPSA) is 58.4 Å². The fraction of sp³-hybridized carbons (Fsp3) is 0.333. The molecule has 3 aromatic rings. The van der Waals surface area contributed by atoms with E-state index in [1.807, 2.05) is 35.7 Å². The van der Waals surface area contributed by atoms with Crippen LogP contribution >= 0.6 is 11.3 Å². The summed E-state index contributed by atoms with van der Waals surface area (Å²) in [5.41, 5.74) is 0.864. The number of para-hydroxylation sites is 1. The van der Waals surface area contributed by atoms with E-state index in [0.29, 0.717) is 12.5 Å². The predicted molar refractivity (Wildman–Crippen MR) is 93.8 cm³/mol. The zero-order valence-corrected chi connectivity index (χ0v) is 14.3. The molecule has 1 atom stereocenters. The number of nitrogens with zero attached hydrogens (tertiary/aromatic N) is 2. The highest BCUT2D eigenvalue weighted by molar-refractivity contribution is 7.09. The Labute approximate surface area is 144 Å². The quantitative estimate of drug-likeness (QED) is 0.757. The van der Waals surface area contributed by atoms with E-state index in [2.05, 4.69) is 10.3 Å². The molecule has 1 aliphatic rings. The molecular weight excluding hydrogens is 322 g/mol. The molecule has 4 rings (SSSR count). The molecule has 0 spiro atoms. The fourth-order valence-corrected chi connectivity index (χ4v) is 3.52. The minimum absolute atomic E-state index is 0.0661. The first kappa shape index (κ1) is 15.2. The largest absolute Gasteiger partial charge is 0.459 e. The third-order valence-corrected chi connectivity index (χ3v) is 5.09. The number of hydrogen-bond acceptors (Lipinski definition) is 4. The normalized spacial score (nSPS) is 15.4. The summed E-state index contributed by atoms with van der Waals surface area (Å²) in [6.07, 6.45) is 4.00. The van der Waals surface area contributed by atoms with Crippen LogP contribution in [0.2, 0.25) is 0 Å². The Hall–Kier alpha value is -2.34. The van der Waals surface area contributed by atoms with E-state index in [1.165, 1.54) is 0 Å². The Bertz CT molecular complexity index is 806. The lowest BCUT2D eigenvalue weighted by atomic mass is 10.1. The van der Waals surface area contributed by atoms with Gasteiger partial charge in [0.1, 0.15) is 16.4 Å². The van der Waals surface area contributed by atoms with Gasteiger partial charge in [0, 0.05) is 24.0 Å². The second kappa shape index (κ2) is 6.28. The minimum atomic E-state index is -0.0949. The Morgan fingerprint density at radius 3 is 3.00 bits per heavy atom. The van der Waals surface area contributed by atoms with Crippen LogP contribution in [0.3, 0.4) is 0 Å². The Kier molecular flexibility index (Phi) is 3.98. The van der Waals surface area contributed by atoms with Crippen LogP contribution in [0.25, 0.3) is 11.0 Å². The van der Waals surface area contributed by atoms with Gasteiger partial charge < -0.3 is 14.6 Å². The van der Waals surface area contributed by atoms with Crippen molar-refractivity contribution in [3.8, 4) is 0 Å². The fourth-order valence-electron chi connectivity index (χ4n) is 2.86. The van der Waals surface area contributed by atoms with Gasteiger partial charge >= 0.3 is 6.03 Å². The number of rotatable bonds is 5. The van der Waals surface area contributed by atoms with E-state index in [9.17, 15) is 4.79 Å². The van der Waals surface area contributed by atoms with Gasteiger partial charge in [-0.25, -0.2) is 9.78 Å². The van der Waals surface area contributed by atoms with E-state index in [-0.39, 0.29) is 12.1 Å². The summed E-state index contributed by atoms with van der Waals surface area (Å²) in [5, 5.41) is 7.06. The lowest BCUT2D eigenvalue weighted by Crippen LogP contribution is -2.39. The van der Waals surface area contributed by atoms with Crippen LogP contribution in [0.4, 0.5) is 4.79 Å². The van der Waals surface area contributed by atoms with E-state index >= 15 is 0 Å². The van der Waals surface area contributed by atoms with Gasteiger partial charge in [0.2, 0.25) is 0 Å². The van der Waals surface area contributed by atoms with Crippen molar-refractivity contribution in [3.63, 3.8) is 0 Å². The maximum atomic E-state index is 12.6. The second-order valence-corrected chi connectivity index (χ2v) is 7.21. The molecule has 24 heavy (non-hydrogen) atoms. The first-order valence-electron chi connectivity index (χ1n) is 8.09. The Morgan fingerprint density at radius 2 is 2.29 bits per heavy atom. The maximum absolute atomic E-state index is 12.6. The SMILES string of the molecule is CN(Cc1nccs1)C(=O)N[C@@H](c1cc2ccccc2o1)C1CC1. The van der Waals surface area contributed by atoms with E-state index in [4.69, 9.17) is 4.42 Å². The number of nitrogens with one attached hydrogen (secondary N) is 1. The molecule has 2 aromatic heterocycles. The number of thiazole rings is 1. The predicted octanol–water partition coefficient (Wildman–Crippen LogP) is 4.18. The van der Waals surface area contributed by atoms with Crippen molar-refractivity contribution in [3.05, 3.63) is 52.7 Å². The average Bonchev–Trinajstić information content (AvgIpc) is 3.12. The zero-order chi connectivity index (χ0) is 16.5. The van der Waals surface area contributed by atoms with Crippen molar-refractivity contribution in [1.29, 1.82) is 0 Å². The van der Waals surface area contributed by atoms with E-state index < -0.39 is 0 Å². The molecule has 0 saturated heterocycles. The third-order valence-electron chi connectivity index (χ3n) is 4.33. The second-order valence-electron chi connectivity index (χ2n) is 6.23. The summed E-state index contributed by atoms with van der Waals surface area (Å²) in [5.74, 6) is 1.30. The first-order chi connectivity index (χ1) is 11.7. The summed E-state index contributed by atoms with van der Waals surface area (Å²) < 4.78 is 5.97. The summed E-state index contributed by atoms with van der Waals surface area (Å²) in [6.45, 7) is 0.515. The van der Waals surface area contributed by atoms with Gasteiger partial charge in [-0.3, -0.25) is 0 Å². The first-order valence-corrected chi connectivity index (χ1v) is 8.97. The average molecular weight is 341 g/mol. The number of hydrogen-bond donors (Lipinski definition) is 1. The summed E-state index contributed by atoms with van der Waals surface area (Å²) in [4.78, 5) is 18.4. The molecule has 0 aliphatic heterocycles. The number of urea groups is 1. The number of aromatic nitrogens is 1. The van der Waals surface area contributed by atoms with Gasteiger partial charge in [0.15, 0.2) is 0 Å². The molecule has 6 heteroatoms. The van der Waals surface area contributed by atoms with Gasteiger partial charge in [0.25, 0.3) is 0 Å². The lowest BCUT2D eigenvalue weighted by Gasteiger charge is -2.21. The number of amides is 2. The van der Waals surface area contributed by atoms with Crippen molar-refractivity contribution in [2.24, 2.45) is 5.92 Å². The van der Waals surface area contributed by atoms with Crippen LogP contribution in [0.1, 0.15) is 29.7 Å². The molecular formula is C18H19N3O2S. The molecule has 1 aliphatic carbocycles. The monoisotopic (exact) mass is 341 g/mol. The van der Waals surface area contributed by atoms with Gasteiger partial charge in [-0.05, 0) is 30.9 Å². The summed E-state index contributed by atoms with van der Waals surface area (Å²) >= 11 is 1.55. The van der Waals surface area contributed by atoms with Crippen molar-refractivity contribution in [2.75, 3.05) is 7.05 Å². The summed E-state index contributed by atoms with van der Waals surface area (Å²) in [7, 11) is 1.79. The number of carbonyl (C=O) groups excluding carboxylic acids is 1. The molecule has 1 N–H and O–H groups in total. The standard InChI is InChI=1S/C18H19N3O2S/c1-21(11-16-19-8-9-24-16)18(22)20-17(12-6-7-12)15-10-13-4-2-3-5-14(13)23-15/h2-5,8-10,12,17H,6-7,11H2,1H3,(H,20,22)/t17-/m1/s1. The van der Waals surface area contributed by atoms with Gasteiger partial charge in [-0.1, -0.05) is 18.2 Å². The van der Waals surface area contributed by atoms with Crippen molar-refractivity contribution >= 4 is 28.3 Å². The van der Waals surface area contributed by atoms with Crippen LogP contribution in [-0.4, -0.2) is 23.0 Å². The Morgan fingerprint density at radius 1 is 1.46 bits per heavy atom. The molecule has 1 saturated carbocycles. The third kappa shape index (κ3) is 3.14. The maximum Gasteiger partial charge on any atom is 0.318 e. The molecule has 0 radical (unpaired) electrons. The minimum Gasteiger partial charge on any atom is -0.459 e. The molecule has 0 unspecified atom stereocenters. The number of furan rings is 1. The highest BCUT2D eigenvalue weighted by atomic mass is 32.1. The lowest BCUT2D eigenvalue weighted by molar-refractivity contribution is 0.199. The van der Waals surface area contributed by atoms with Gasteiger partial charge in [-0.15, -0.1) is 11.3 Å². The van der Waals surface area contributed by atoms with Crippen LogP contribution in [0.5, 0.6) is 0 Å². The van der Waals surface area contributed by atoms with Crippen molar-refractivity contribution in [2.45, 2.75) is 25.4 Å². The summed E-state index contributed by atoms with van der Waals surface area (Å²) in [6, 6.07) is 9.82. The number of fused-ring (bicyclic) bond motifs is 1. The Balaban J connectivity index is 1.50.